The lowest BCUT2D eigenvalue weighted by molar-refractivity contribution is 0.555. The topological polar surface area (TPSA) is 105 Å². The maximum Gasteiger partial charge on any atom is 0.263 e. The van der Waals surface area contributed by atoms with E-state index >= 15 is 0 Å². The van der Waals surface area contributed by atoms with Gasteiger partial charge in [0.25, 0.3) is 10.0 Å². The Hall–Kier alpha value is -1.49. The highest BCUT2D eigenvalue weighted by atomic mass is 32.2. The largest absolute Gasteiger partial charge is 0.263 e. The van der Waals surface area contributed by atoms with E-state index in [1.54, 1.807) is 12.3 Å². The van der Waals surface area contributed by atoms with Crippen LogP contribution < -0.4 is 9.44 Å². The van der Waals surface area contributed by atoms with Crippen LogP contribution in [0.25, 0.3) is 0 Å². The van der Waals surface area contributed by atoms with Crippen LogP contribution >= 0.6 is 11.3 Å². The Labute approximate surface area is 139 Å². The van der Waals surface area contributed by atoms with Crippen molar-refractivity contribution in [3.63, 3.8) is 0 Å². The number of hydrogen-bond acceptors (Lipinski definition) is 6. The molecule has 0 aliphatic carbocycles. The zero-order valence-corrected chi connectivity index (χ0v) is 15.0. The second-order valence-corrected chi connectivity index (χ2v) is 9.14. The van der Waals surface area contributed by atoms with Gasteiger partial charge in [0.2, 0.25) is 10.0 Å². The minimum Gasteiger partial charge on any atom is -0.255 e. The summed E-state index contributed by atoms with van der Waals surface area (Å²) in [5.74, 6) is 0. The van der Waals surface area contributed by atoms with Gasteiger partial charge in [0, 0.05) is 17.6 Å². The second kappa shape index (κ2) is 6.95. The number of benzene rings is 1. The summed E-state index contributed by atoms with van der Waals surface area (Å²) < 4.78 is 53.5. The minimum absolute atomic E-state index is 0.0194. The third-order valence-corrected chi connectivity index (χ3v) is 6.85. The lowest BCUT2D eigenvalue weighted by Crippen LogP contribution is -2.32. The molecule has 2 rings (SSSR count). The molecule has 10 heteroatoms. The van der Waals surface area contributed by atoms with E-state index in [1.807, 2.05) is 6.92 Å². The van der Waals surface area contributed by atoms with Gasteiger partial charge in [-0.3, -0.25) is 4.72 Å². The molecule has 1 unspecified atom stereocenters. The van der Waals surface area contributed by atoms with Crippen LogP contribution in [0.15, 0.2) is 45.6 Å². The summed E-state index contributed by atoms with van der Waals surface area (Å²) in [4.78, 5) is 3.84. The highest BCUT2D eigenvalue weighted by Gasteiger charge is 2.19. The SMILES string of the molecule is CCC(C)NS(=O)(=O)c1ccc(S(=O)(=O)Nc2nccs2)cc1. The molecule has 0 saturated heterocycles. The van der Waals surface area contributed by atoms with Gasteiger partial charge in [0.1, 0.15) is 0 Å². The van der Waals surface area contributed by atoms with Crippen LogP contribution in [-0.2, 0) is 20.0 Å². The first-order valence-corrected chi connectivity index (χ1v) is 10.6. The smallest absolute Gasteiger partial charge is 0.255 e. The minimum atomic E-state index is -3.79. The molecular formula is C13H17N3O4S3. The van der Waals surface area contributed by atoms with Crippen molar-refractivity contribution in [2.75, 3.05) is 4.72 Å². The quantitative estimate of drug-likeness (QED) is 0.770. The van der Waals surface area contributed by atoms with Gasteiger partial charge in [-0.05, 0) is 37.6 Å². The summed E-state index contributed by atoms with van der Waals surface area (Å²) in [5, 5.41) is 1.90. The summed E-state index contributed by atoms with van der Waals surface area (Å²) >= 11 is 1.15. The fraction of sp³-hybridized carbons (Fsp3) is 0.308. The standard InChI is InChI=1S/C13H17N3O4S3/c1-3-10(2)15-22(17,18)11-4-6-12(7-5-11)23(19,20)16-13-14-8-9-21-13/h4-10,15H,3H2,1-2H3,(H,14,16). The van der Waals surface area contributed by atoms with Crippen molar-refractivity contribution >= 4 is 36.5 Å². The molecule has 126 valence electrons. The first kappa shape index (κ1) is 17.9. The van der Waals surface area contributed by atoms with Gasteiger partial charge < -0.3 is 0 Å². The molecule has 0 aliphatic heterocycles. The third-order valence-electron chi connectivity index (χ3n) is 3.07. The Morgan fingerprint density at radius 2 is 1.65 bits per heavy atom. The van der Waals surface area contributed by atoms with Crippen LogP contribution in [0, 0.1) is 0 Å². The maximum atomic E-state index is 12.2. The Bertz CT molecular complexity index is 844. The van der Waals surface area contributed by atoms with Crippen molar-refractivity contribution in [2.24, 2.45) is 0 Å². The molecule has 1 atom stereocenters. The molecule has 0 radical (unpaired) electrons. The van der Waals surface area contributed by atoms with Gasteiger partial charge in [0.15, 0.2) is 5.13 Å². The molecular weight excluding hydrogens is 358 g/mol. The molecule has 2 N–H and O–H groups in total. The van der Waals surface area contributed by atoms with Crippen LogP contribution in [0.4, 0.5) is 5.13 Å². The first-order valence-electron chi connectivity index (χ1n) is 6.79. The van der Waals surface area contributed by atoms with E-state index in [9.17, 15) is 16.8 Å². The molecule has 1 aromatic heterocycles. The normalized spacial score (nSPS) is 13.7. The number of thiazole rings is 1. The molecule has 7 nitrogen and oxygen atoms in total. The third kappa shape index (κ3) is 4.50. The van der Waals surface area contributed by atoms with E-state index in [0.29, 0.717) is 6.42 Å². The van der Waals surface area contributed by atoms with Crippen molar-refractivity contribution in [2.45, 2.75) is 36.1 Å². The van der Waals surface area contributed by atoms with Crippen molar-refractivity contribution in [1.82, 2.24) is 9.71 Å². The van der Waals surface area contributed by atoms with Gasteiger partial charge in [-0.1, -0.05) is 6.92 Å². The molecule has 1 aromatic carbocycles. The van der Waals surface area contributed by atoms with Gasteiger partial charge in [0.05, 0.1) is 9.79 Å². The number of nitrogens with zero attached hydrogens (tertiary/aromatic N) is 1. The zero-order valence-electron chi connectivity index (χ0n) is 12.6. The van der Waals surface area contributed by atoms with Crippen LogP contribution in [0.3, 0.4) is 0 Å². The molecule has 2 aromatic rings. The Kier molecular flexibility index (Phi) is 5.40. The average molecular weight is 375 g/mol. The molecule has 0 bridgehead atoms. The summed E-state index contributed by atoms with van der Waals surface area (Å²) in [5.41, 5.74) is 0. The van der Waals surface area contributed by atoms with Crippen molar-refractivity contribution < 1.29 is 16.8 Å². The van der Waals surface area contributed by atoms with E-state index in [2.05, 4.69) is 14.4 Å². The van der Waals surface area contributed by atoms with Crippen molar-refractivity contribution in [1.29, 1.82) is 0 Å². The summed E-state index contributed by atoms with van der Waals surface area (Å²) in [7, 11) is -7.45. The number of anilines is 1. The van der Waals surface area contributed by atoms with E-state index < -0.39 is 20.0 Å². The lowest BCUT2D eigenvalue weighted by Gasteiger charge is -2.12. The highest BCUT2D eigenvalue weighted by Crippen LogP contribution is 2.19. The summed E-state index contributed by atoms with van der Waals surface area (Å²) in [6.45, 7) is 3.63. The van der Waals surface area contributed by atoms with Crippen LogP contribution in [-0.4, -0.2) is 27.9 Å². The monoisotopic (exact) mass is 375 g/mol. The molecule has 0 spiro atoms. The molecule has 0 aliphatic rings. The van der Waals surface area contributed by atoms with Crippen LogP contribution in [0.1, 0.15) is 20.3 Å². The van der Waals surface area contributed by atoms with Gasteiger partial charge in [-0.2, -0.15) is 0 Å². The highest BCUT2D eigenvalue weighted by molar-refractivity contribution is 7.93. The molecule has 0 amide bonds. The van der Waals surface area contributed by atoms with Crippen molar-refractivity contribution in [3.8, 4) is 0 Å². The van der Waals surface area contributed by atoms with E-state index in [-0.39, 0.29) is 21.0 Å². The summed E-state index contributed by atoms with van der Waals surface area (Å²) in [6.07, 6.45) is 2.14. The van der Waals surface area contributed by atoms with E-state index in [1.165, 1.54) is 30.5 Å². The van der Waals surface area contributed by atoms with Gasteiger partial charge >= 0.3 is 0 Å². The molecule has 23 heavy (non-hydrogen) atoms. The lowest BCUT2D eigenvalue weighted by atomic mass is 10.3. The van der Waals surface area contributed by atoms with Crippen molar-refractivity contribution in [3.05, 3.63) is 35.8 Å². The van der Waals surface area contributed by atoms with Gasteiger partial charge in [-0.15, -0.1) is 11.3 Å². The Morgan fingerprint density at radius 3 is 2.13 bits per heavy atom. The fourth-order valence-corrected chi connectivity index (χ4v) is 4.78. The molecule has 0 saturated carbocycles. The average Bonchev–Trinajstić information content (AvgIpc) is 2.99. The first-order chi connectivity index (χ1) is 10.7. The number of rotatable bonds is 7. The summed E-state index contributed by atoms with van der Waals surface area (Å²) in [6, 6.07) is 4.83. The van der Waals surface area contributed by atoms with E-state index in [4.69, 9.17) is 0 Å². The number of hydrogen-bond donors (Lipinski definition) is 2. The Balaban J connectivity index is 2.22. The molecule has 1 heterocycles. The fourth-order valence-electron chi connectivity index (χ4n) is 1.66. The van der Waals surface area contributed by atoms with E-state index in [0.717, 1.165) is 11.3 Å². The van der Waals surface area contributed by atoms with Crippen LogP contribution in [0.5, 0.6) is 0 Å². The number of aromatic nitrogens is 1. The predicted molar refractivity (Wildman–Crippen MR) is 89.4 cm³/mol. The van der Waals surface area contributed by atoms with Gasteiger partial charge in [-0.25, -0.2) is 26.5 Å². The maximum absolute atomic E-state index is 12.2. The number of sulfonamides is 2. The Morgan fingerprint density at radius 1 is 1.09 bits per heavy atom. The second-order valence-electron chi connectivity index (χ2n) is 4.84. The number of nitrogens with one attached hydrogen (secondary N) is 2. The zero-order chi connectivity index (χ0) is 17.1. The predicted octanol–water partition coefficient (Wildman–Crippen LogP) is 2.02. The van der Waals surface area contributed by atoms with Crippen LogP contribution in [0.2, 0.25) is 0 Å². The molecule has 0 fully saturated rings.